The van der Waals surface area contributed by atoms with Gasteiger partial charge in [0, 0.05) is 36.5 Å². The predicted molar refractivity (Wildman–Crippen MR) is 112 cm³/mol. The van der Waals surface area contributed by atoms with Crippen LogP contribution in [0.3, 0.4) is 0 Å². The minimum atomic E-state index is -0.949. The van der Waals surface area contributed by atoms with Crippen molar-refractivity contribution in [3.63, 3.8) is 0 Å². The molecule has 0 spiro atoms. The molecule has 9 heteroatoms. The lowest BCUT2D eigenvalue weighted by Gasteiger charge is -2.28. The van der Waals surface area contributed by atoms with Gasteiger partial charge in [-0.3, -0.25) is 24.5 Å². The van der Waals surface area contributed by atoms with Crippen LogP contribution >= 0.6 is 0 Å². The van der Waals surface area contributed by atoms with Crippen LogP contribution in [0.15, 0.2) is 36.4 Å². The summed E-state index contributed by atoms with van der Waals surface area (Å²) in [6.45, 7) is 4.16. The van der Waals surface area contributed by atoms with Crippen molar-refractivity contribution in [2.75, 3.05) is 22.1 Å². The number of nitro groups is 1. The second kappa shape index (κ2) is 8.73. The summed E-state index contributed by atoms with van der Waals surface area (Å²) in [6, 6.07) is 9.11. The molecule has 1 aliphatic heterocycles. The first-order chi connectivity index (χ1) is 14.3. The predicted octanol–water partition coefficient (Wildman–Crippen LogP) is 3.31. The molecule has 3 rings (SSSR count). The topological polar surface area (TPSA) is 122 Å². The van der Waals surface area contributed by atoms with E-state index in [9.17, 15) is 24.5 Å². The lowest BCUT2D eigenvalue weighted by molar-refractivity contribution is -0.384. The number of nitrogens with zero attached hydrogens (tertiary/aromatic N) is 2. The number of carbonyl (C=O) groups excluding carboxylic acids is 3. The molecule has 2 N–H and O–H groups in total. The third-order valence-electron chi connectivity index (χ3n) is 4.97. The van der Waals surface area contributed by atoms with Crippen LogP contribution in [0.2, 0.25) is 0 Å². The summed E-state index contributed by atoms with van der Waals surface area (Å²) in [5.41, 5.74) is 2.55. The smallest absolute Gasteiger partial charge is 0.314 e. The number of nitro benzene ring substituents is 1. The molecule has 3 amide bonds. The van der Waals surface area contributed by atoms with Gasteiger partial charge >= 0.3 is 11.8 Å². The summed E-state index contributed by atoms with van der Waals surface area (Å²) in [7, 11) is 0. The minimum absolute atomic E-state index is 0.0340. The van der Waals surface area contributed by atoms with Gasteiger partial charge < -0.3 is 15.5 Å². The van der Waals surface area contributed by atoms with Crippen LogP contribution in [0.4, 0.5) is 22.7 Å². The molecule has 30 heavy (non-hydrogen) atoms. The van der Waals surface area contributed by atoms with Gasteiger partial charge in [-0.25, -0.2) is 0 Å². The monoisotopic (exact) mass is 410 g/mol. The molecule has 0 aliphatic carbocycles. The van der Waals surface area contributed by atoms with Gasteiger partial charge in [0.15, 0.2) is 0 Å². The molecule has 0 aromatic heterocycles. The molecule has 0 radical (unpaired) electrons. The standard InChI is InChI=1S/C21H22N4O5/c1-13-7-9-16(25(29)30)12-17(13)23-21(28)20(27)22-15-8-6-14(2)18(11-15)24-10-4-3-5-19(24)26/h6-9,11-12H,3-5,10H2,1-2H3,(H,22,27)(H,23,28). The highest BCUT2D eigenvalue weighted by atomic mass is 16.6. The van der Waals surface area contributed by atoms with Crippen LogP contribution < -0.4 is 15.5 Å². The van der Waals surface area contributed by atoms with Crippen LogP contribution in [0.25, 0.3) is 0 Å². The molecule has 1 saturated heterocycles. The summed E-state index contributed by atoms with van der Waals surface area (Å²) in [4.78, 5) is 48.9. The summed E-state index contributed by atoms with van der Waals surface area (Å²) < 4.78 is 0. The molecule has 2 aromatic rings. The minimum Gasteiger partial charge on any atom is -0.318 e. The van der Waals surface area contributed by atoms with Crippen LogP contribution in [0, 0.1) is 24.0 Å². The first-order valence-electron chi connectivity index (χ1n) is 9.54. The number of nitrogens with one attached hydrogen (secondary N) is 2. The molecular formula is C21H22N4O5. The average molecular weight is 410 g/mol. The van der Waals surface area contributed by atoms with Crippen molar-refractivity contribution in [2.45, 2.75) is 33.1 Å². The first-order valence-corrected chi connectivity index (χ1v) is 9.54. The normalized spacial score (nSPS) is 13.7. The van der Waals surface area contributed by atoms with E-state index in [2.05, 4.69) is 10.6 Å². The fraction of sp³-hybridized carbons (Fsp3) is 0.286. The van der Waals surface area contributed by atoms with Crippen molar-refractivity contribution >= 4 is 40.5 Å². The summed E-state index contributed by atoms with van der Waals surface area (Å²) in [5, 5.41) is 15.8. The van der Waals surface area contributed by atoms with Crippen molar-refractivity contribution in [2.24, 2.45) is 0 Å². The van der Waals surface area contributed by atoms with Gasteiger partial charge in [0.2, 0.25) is 5.91 Å². The molecule has 1 aliphatic rings. The van der Waals surface area contributed by atoms with E-state index in [1.807, 2.05) is 6.92 Å². The number of hydrogen-bond acceptors (Lipinski definition) is 5. The second-order valence-corrected chi connectivity index (χ2v) is 7.17. The third-order valence-corrected chi connectivity index (χ3v) is 4.97. The lowest BCUT2D eigenvalue weighted by atomic mass is 10.1. The Balaban J connectivity index is 1.74. The van der Waals surface area contributed by atoms with Gasteiger partial charge in [0.05, 0.1) is 10.6 Å². The van der Waals surface area contributed by atoms with E-state index in [0.29, 0.717) is 29.9 Å². The van der Waals surface area contributed by atoms with Crippen LogP contribution in [-0.2, 0) is 14.4 Å². The van der Waals surface area contributed by atoms with E-state index in [1.54, 1.807) is 30.0 Å². The van der Waals surface area contributed by atoms with Crippen LogP contribution in [0.5, 0.6) is 0 Å². The molecule has 0 atom stereocenters. The molecule has 1 fully saturated rings. The zero-order chi connectivity index (χ0) is 21.8. The molecule has 0 bridgehead atoms. The Labute approximate surface area is 173 Å². The summed E-state index contributed by atoms with van der Waals surface area (Å²) in [6.07, 6.45) is 2.26. The van der Waals surface area contributed by atoms with Gasteiger partial charge in [-0.05, 0) is 49.9 Å². The third kappa shape index (κ3) is 4.62. The Morgan fingerprint density at radius 1 is 1.00 bits per heavy atom. The zero-order valence-corrected chi connectivity index (χ0v) is 16.7. The first kappa shape index (κ1) is 21.0. The fourth-order valence-electron chi connectivity index (χ4n) is 3.26. The number of non-ortho nitro benzene ring substituents is 1. The Kier molecular flexibility index (Phi) is 6.10. The van der Waals surface area contributed by atoms with Gasteiger partial charge in [0.25, 0.3) is 5.69 Å². The second-order valence-electron chi connectivity index (χ2n) is 7.17. The van der Waals surface area contributed by atoms with Gasteiger partial charge in [-0.2, -0.15) is 0 Å². The molecule has 0 unspecified atom stereocenters. The van der Waals surface area contributed by atoms with Crippen molar-refractivity contribution in [1.29, 1.82) is 0 Å². The van der Waals surface area contributed by atoms with E-state index in [0.717, 1.165) is 18.4 Å². The van der Waals surface area contributed by atoms with Crippen molar-refractivity contribution in [3.05, 3.63) is 57.6 Å². The fourth-order valence-corrected chi connectivity index (χ4v) is 3.26. The van der Waals surface area contributed by atoms with E-state index in [-0.39, 0.29) is 17.3 Å². The highest BCUT2D eigenvalue weighted by molar-refractivity contribution is 6.43. The lowest BCUT2D eigenvalue weighted by Crippen LogP contribution is -2.35. The number of benzene rings is 2. The highest BCUT2D eigenvalue weighted by Crippen LogP contribution is 2.28. The highest BCUT2D eigenvalue weighted by Gasteiger charge is 2.22. The van der Waals surface area contributed by atoms with Crippen molar-refractivity contribution in [1.82, 2.24) is 0 Å². The molecular weight excluding hydrogens is 388 g/mol. The Bertz CT molecular complexity index is 1030. The quantitative estimate of drug-likeness (QED) is 0.455. The number of rotatable bonds is 4. The van der Waals surface area contributed by atoms with E-state index in [1.165, 1.54) is 18.2 Å². The number of anilines is 3. The maximum absolute atomic E-state index is 12.3. The van der Waals surface area contributed by atoms with Crippen molar-refractivity contribution in [3.8, 4) is 0 Å². The number of hydrogen-bond donors (Lipinski definition) is 2. The SMILES string of the molecule is Cc1ccc([N+](=O)[O-])cc1NC(=O)C(=O)Nc1ccc(C)c(N2CCCCC2=O)c1. The maximum atomic E-state index is 12.3. The van der Waals surface area contributed by atoms with Crippen LogP contribution in [0.1, 0.15) is 30.4 Å². The maximum Gasteiger partial charge on any atom is 0.314 e. The van der Waals surface area contributed by atoms with Gasteiger partial charge in [0.1, 0.15) is 0 Å². The van der Waals surface area contributed by atoms with E-state index in [4.69, 9.17) is 0 Å². The Hall–Kier alpha value is -3.75. The van der Waals surface area contributed by atoms with E-state index >= 15 is 0 Å². The van der Waals surface area contributed by atoms with Crippen LogP contribution in [-0.4, -0.2) is 29.2 Å². The molecule has 1 heterocycles. The van der Waals surface area contributed by atoms with Crippen molar-refractivity contribution < 1.29 is 19.3 Å². The van der Waals surface area contributed by atoms with Gasteiger partial charge in [-0.1, -0.05) is 12.1 Å². The molecule has 2 aromatic carbocycles. The number of carbonyl (C=O) groups is 3. The number of amides is 3. The van der Waals surface area contributed by atoms with Gasteiger partial charge in [-0.15, -0.1) is 0 Å². The number of piperidine rings is 1. The summed E-state index contributed by atoms with van der Waals surface area (Å²) >= 11 is 0. The average Bonchev–Trinajstić information content (AvgIpc) is 2.71. The largest absolute Gasteiger partial charge is 0.318 e. The summed E-state index contributed by atoms with van der Waals surface area (Å²) in [5.74, 6) is -1.83. The Morgan fingerprint density at radius 3 is 2.40 bits per heavy atom. The molecule has 0 saturated carbocycles. The zero-order valence-electron chi connectivity index (χ0n) is 16.7. The molecule has 9 nitrogen and oxygen atoms in total. The molecule has 156 valence electrons. The Morgan fingerprint density at radius 2 is 1.70 bits per heavy atom. The van der Waals surface area contributed by atoms with E-state index < -0.39 is 16.7 Å². The number of aryl methyl sites for hydroxylation is 2.